The zero-order chi connectivity index (χ0) is 19.2. The lowest BCUT2D eigenvalue weighted by molar-refractivity contribution is -0.0544. The maximum absolute atomic E-state index is 11.0. The highest BCUT2D eigenvalue weighted by molar-refractivity contribution is 5.64. The Morgan fingerprint density at radius 2 is 1.62 bits per heavy atom. The van der Waals surface area contributed by atoms with Gasteiger partial charge in [0.15, 0.2) is 0 Å². The van der Waals surface area contributed by atoms with Gasteiger partial charge in [-0.25, -0.2) is 4.79 Å². The fraction of sp³-hybridized carbons (Fsp3) is 0.381. The summed E-state index contributed by atoms with van der Waals surface area (Å²) < 4.78 is 5.77. The number of carboxylic acid groups (broad SMARTS) is 1. The highest BCUT2D eigenvalue weighted by atomic mass is 16.5. The number of ether oxygens (including phenoxy) is 1. The molecule has 0 aliphatic carbocycles. The third kappa shape index (κ3) is 5.49. The molecule has 0 fully saturated rings. The van der Waals surface area contributed by atoms with E-state index in [0.29, 0.717) is 13.0 Å². The van der Waals surface area contributed by atoms with Crippen LogP contribution in [-0.4, -0.2) is 28.5 Å². The summed E-state index contributed by atoms with van der Waals surface area (Å²) in [4.78, 5) is 10.8. The Labute approximate surface area is 154 Å². The first-order chi connectivity index (χ1) is 12.2. The van der Waals surface area contributed by atoms with Crippen LogP contribution in [-0.2, 0) is 13.0 Å². The molecule has 1 amide bonds. The van der Waals surface area contributed by atoms with E-state index in [1.807, 2.05) is 75.4 Å². The van der Waals surface area contributed by atoms with E-state index in [-0.39, 0.29) is 6.54 Å². The standard InChI is InChI=1S/C21H27NO4/c1-20(2,3)21(25,15-22-19(23)24)13-16-9-11-18(12-10-16)26-14-17-7-5-4-6-8-17/h4-12,22,25H,13-15H2,1-3H3,(H,23,24). The van der Waals surface area contributed by atoms with Crippen molar-refractivity contribution in [2.24, 2.45) is 5.41 Å². The maximum Gasteiger partial charge on any atom is 0.404 e. The van der Waals surface area contributed by atoms with Crippen LogP contribution < -0.4 is 10.1 Å². The molecule has 0 aliphatic heterocycles. The van der Waals surface area contributed by atoms with Gasteiger partial charge in [-0.1, -0.05) is 63.2 Å². The minimum Gasteiger partial charge on any atom is -0.489 e. The molecule has 0 heterocycles. The van der Waals surface area contributed by atoms with Crippen molar-refractivity contribution >= 4 is 6.09 Å². The molecule has 0 aliphatic rings. The number of amides is 1. The summed E-state index contributed by atoms with van der Waals surface area (Å²) in [5.41, 5.74) is 0.329. The number of carbonyl (C=O) groups is 1. The van der Waals surface area contributed by atoms with Crippen LogP contribution in [0.2, 0.25) is 0 Å². The molecular weight excluding hydrogens is 330 g/mol. The Morgan fingerprint density at radius 3 is 2.15 bits per heavy atom. The summed E-state index contributed by atoms with van der Waals surface area (Å²) in [6.45, 7) is 6.16. The topological polar surface area (TPSA) is 78.8 Å². The Kier molecular flexibility index (Phi) is 6.27. The Morgan fingerprint density at radius 1 is 1.00 bits per heavy atom. The predicted octanol–water partition coefficient (Wildman–Crippen LogP) is 3.85. The van der Waals surface area contributed by atoms with Crippen LogP contribution in [0.25, 0.3) is 0 Å². The van der Waals surface area contributed by atoms with Crippen LogP contribution in [0.1, 0.15) is 31.9 Å². The highest BCUT2D eigenvalue weighted by Crippen LogP contribution is 2.33. The van der Waals surface area contributed by atoms with Crippen LogP contribution >= 0.6 is 0 Å². The quantitative estimate of drug-likeness (QED) is 0.703. The number of rotatable bonds is 7. The first kappa shape index (κ1) is 19.8. The van der Waals surface area contributed by atoms with Gasteiger partial charge in [-0.2, -0.15) is 0 Å². The molecule has 1 unspecified atom stereocenters. The van der Waals surface area contributed by atoms with Gasteiger partial charge in [0, 0.05) is 6.42 Å². The highest BCUT2D eigenvalue weighted by Gasteiger charge is 2.40. The Balaban J connectivity index is 2.02. The lowest BCUT2D eigenvalue weighted by Crippen LogP contribution is -2.53. The van der Waals surface area contributed by atoms with Crippen LogP contribution in [0.4, 0.5) is 4.79 Å². The van der Waals surface area contributed by atoms with Gasteiger partial charge < -0.3 is 20.3 Å². The van der Waals surface area contributed by atoms with Gasteiger partial charge in [-0.3, -0.25) is 0 Å². The minimum atomic E-state index is -1.20. The molecule has 0 saturated carbocycles. The molecule has 1 atom stereocenters. The zero-order valence-electron chi connectivity index (χ0n) is 15.5. The Hall–Kier alpha value is -2.53. The SMILES string of the molecule is CC(C)(C)C(O)(CNC(=O)O)Cc1ccc(OCc2ccccc2)cc1. The van der Waals surface area contributed by atoms with E-state index in [9.17, 15) is 9.90 Å². The van der Waals surface area contributed by atoms with Gasteiger partial charge in [0.05, 0.1) is 12.1 Å². The van der Waals surface area contributed by atoms with Gasteiger partial charge in [0.25, 0.3) is 0 Å². The summed E-state index contributed by atoms with van der Waals surface area (Å²) in [5, 5.41) is 22.2. The normalized spacial score (nSPS) is 13.7. The van der Waals surface area contributed by atoms with E-state index in [2.05, 4.69) is 5.32 Å². The summed E-state index contributed by atoms with van der Waals surface area (Å²) in [7, 11) is 0. The zero-order valence-corrected chi connectivity index (χ0v) is 15.5. The van der Waals surface area contributed by atoms with E-state index < -0.39 is 17.1 Å². The van der Waals surface area contributed by atoms with E-state index >= 15 is 0 Å². The molecular formula is C21H27NO4. The number of nitrogens with one attached hydrogen (secondary N) is 1. The number of benzene rings is 2. The maximum atomic E-state index is 11.0. The second-order valence-corrected chi connectivity index (χ2v) is 7.54. The lowest BCUT2D eigenvalue weighted by atomic mass is 9.73. The first-order valence-corrected chi connectivity index (χ1v) is 8.64. The molecule has 0 bridgehead atoms. The number of hydrogen-bond acceptors (Lipinski definition) is 3. The molecule has 5 heteroatoms. The average Bonchev–Trinajstić information content (AvgIpc) is 2.59. The Bertz CT molecular complexity index is 707. The minimum absolute atomic E-state index is 0.0297. The van der Waals surface area contributed by atoms with Gasteiger partial charge >= 0.3 is 6.09 Å². The summed E-state index contributed by atoms with van der Waals surface area (Å²) in [5.74, 6) is 0.751. The van der Waals surface area contributed by atoms with Crippen molar-refractivity contribution in [3.05, 3.63) is 65.7 Å². The average molecular weight is 357 g/mol. The molecule has 0 spiro atoms. The summed E-state index contributed by atoms with van der Waals surface area (Å²) in [6.07, 6.45) is -0.798. The third-order valence-corrected chi connectivity index (χ3v) is 4.60. The molecule has 140 valence electrons. The molecule has 26 heavy (non-hydrogen) atoms. The van der Waals surface area contributed by atoms with Crippen molar-refractivity contribution in [1.82, 2.24) is 5.32 Å². The molecule has 2 aromatic carbocycles. The van der Waals surface area contributed by atoms with Crippen molar-refractivity contribution in [2.75, 3.05) is 6.54 Å². The predicted molar refractivity (Wildman–Crippen MR) is 101 cm³/mol. The van der Waals surface area contributed by atoms with Crippen molar-refractivity contribution in [3.63, 3.8) is 0 Å². The van der Waals surface area contributed by atoms with Crippen LogP contribution in [0.15, 0.2) is 54.6 Å². The molecule has 2 aromatic rings. The molecule has 0 saturated heterocycles. The molecule has 0 radical (unpaired) electrons. The van der Waals surface area contributed by atoms with Crippen molar-refractivity contribution in [1.29, 1.82) is 0 Å². The van der Waals surface area contributed by atoms with Crippen molar-refractivity contribution in [2.45, 2.75) is 39.4 Å². The van der Waals surface area contributed by atoms with Crippen molar-refractivity contribution in [3.8, 4) is 5.75 Å². The van der Waals surface area contributed by atoms with Crippen LogP contribution in [0.3, 0.4) is 0 Å². The van der Waals surface area contributed by atoms with Crippen LogP contribution in [0, 0.1) is 5.41 Å². The first-order valence-electron chi connectivity index (χ1n) is 8.64. The number of aliphatic hydroxyl groups is 1. The lowest BCUT2D eigenvalue weighted by Gasteiger charge is -2.40. The molecule has 0 aromatic heterocycles. The molecule has 5 nitrogen and oxygen atoms in total. The monoisotopic (exact) mass is 357 g/mol. The van der Waals surface area contributed by atoms with Gasteiger partial charge in [0.1, 0.15) is 12.4 Å². The van der Waals surface area contributed by atoms with E-state index in [4.69, 9.17) is 9.84 Å². The fourth-order valence-electron chi connectivity index (χ4n) is 2.60. The second-order valence-electron chi connectivity index (χ2n) is 7.54. The van der Waals surface area contributed by atoms with Gasteiger partial charge in [-0.05, 0) is 28.7 Å². The largest absolute Gasteiger partial charge is 0.489 e. The second kappa shape index (κ2) is 8.23. The van der Waals surface area contributed by atoms with Crippen molar-refractivity contribution < 1.29 is 19.7 Å². The molecule has 3 N–H and O–H groups in total. The van der Waals surface area contributed by atoms with Gasteiger partial charge in [0.2, 0.25) is 0 Å². The smallest absolute Gasteiger partial charge is 0.404 e. The van der Waals surface area contributed by atoms with Crippen LogP contribution in [0.5, 0.6) is 5.75 Å². The summed E-state index contributed by atoms with van der Waals surface area (Å²) in [6, 6.07) is 17.5. The number of hydrogen-bond donors (Lipinski definition) is 3. The van der Waals surface area contributed by atoms with E-state index in [1.54, 1.807) is 0 Å². The third-order valence-electron chi connectivity index (χ3n) is 4.60. The van der Waals surface area contributed by atoms with E-state index in [0.717, 1.165) is 16.9 Å². The van der Waals surface area contributed by atoms with E-state index in [1.165, 1.54) is 0 Å². The molecule has 2 rings (SSSR count). The van der Waals surface area contributed by atoms with Gasteiger partial charge in [-0.15, -0.1) is 0 Å². The fourth-order valence-corrected chi connectivity index (χ4v) is 2.60. The summed E-state index contributed by atoms with van der Waals surface area (Å²) >= 11 is 0.